The van der Waals surface area contributed by atoms with Crippen molar-refractivity contribution >= 4 is 0 Å². The Labute approximate surface area is 193 Å². The molecule has 4 rings (SSSR count). The second-order valence-electron chi connectivity index (χ2n) is 13.6. The maximum absolute atomic E-state index is 10.8. The first kappa shape index (κ1) is 23.6. The molecule has 0 spiro atoms. The molecular formula is C30H50O. The van der Waals surface area contributed by atoms with Crippen LogP contribution < -0.4 is 0 Å². The van der Waals surface area contributed by atoms with Crippen LogP contribution in [0.4, 0.5) is 0 Å². The summed E-state index contributed by atoms with van der Waals surface area (Å²) < 4.78 is 0. The van der Waals surface area contributed by atoms with E-state index in [1.807, 2.05) is 11.1 Å². The van der Waals surface area contributed by atoms with Gasteiger partial charge in [-0.25, -0.2) is 0 Å². The van der Waals surface area contributed by atoms with Gasteiger partial charge in [0.25, 0.3) is 0 Å². The summed E-state index contributed by atoms with van der Waals surface area (Å²) in [7, 11) is 0. The van der Waals surface area contributed by atoms with Crippen molar-refractivity contribution in [2.24, 2.45) is 39.4 Å². The van der Waals surface area contributed by atoms with Crippen LogP contribution in [0.25, 0.3) is 0 Å². The first-order chi connectivity index (χ1) is 14.4. The monoisotopic (exact) mass is 426 g/mol. The quantitative estimate of drug-likeness (QED) is 0.447. The van der Waals surface area contributed by atoms with E-state index >= 15 is 0 Å². The maximum atomic E-state index is 10.8. The average Bonchev–Trinajstić information content (AvgIpc) is 2.96. The molecular weight excluding hydrogens is 376 g/mol. The number of allylic oxidation sites excluding steroid dienone is 4. The van der Waals surface area contributed by atoms with Crippen molar-refractivity contribution in [3.63, 3.8) is 0 Å². The van der Waals surface area contributed by atoms with E-state index in [9.17, 15) is 5.11 Å². The largest absolute Gasteiger partial charge is 0.393 e. The van der Waals surface area contributed by atoms with Crippen LogP contribution in [-0.2, 0) is 0 Å². The fraction of sp³-hybridized carbons (Fsp3) is 0.867. The Hall–Kier alpha value is -0.560. The third-order valence-corrected chi connectivity index (χ3v) is 11.7. The highest BCUT2D eigenvalue weighted by atomic mass is 16.3. The van der Waals surface area contributed by atoms with Gasteiger partial charge in [-0.1, -0.05) is 64.3 Å². The number of rotatable bonds is 4. The molecule has 2 unspecified atom stereocenters. The molecule has 0 amide bonds. The van der Waals surface area contributed by atoms with Gasteiger partial charge in [0, 0.05) is 0 Å². The second-order valence-corrected chi connectivity index (χ2v) is 13.6. The van der Waals surface area contributed by atoms with Gasteiger partial charge in [0.15, 0.2) is 0 Å². The number of hydrogen-bond acceptors (Lipinski definition) is 1. The Kier molecular flexibility index (Phi) is 5.90. The topological polar surface area (TPSA) is 20.2 Å². The molecule has 1 N–H and O–H groups in total. The van der Waals surface area contributed by atoms with Gasteiger partial charge >= 0.3 is 0 Å². The summed E-state index contributed by atoms with van der Waals surface area (Å²) in [6.07, 6.45) is 15.2. The molecule has 0 aromatic heterocycles. The SMILES string of the molecule is CC(C)=CCC[C@@H](C)[C@H]1CC[C@@]2(C)C3=C(CC[C@@]12C)[C@@]1(C)CCC(O)C(C)(C)C1CC3. The molecule has 2 saturated carbocycles. The van der Waals surface area contributed by atoms with Crippen molar-refractivity contribution in [3.8, 4) is 0 Å². The van der Waals surface area contributed by atoms with Crippen molar-refractivity contribution in [1.29, 1.82) is 0 Å². The van der Waals surface area contributed by atoms with E-state index < -0.39 is 0 Å². The summed E-state index contributed by atoms with van der Waals surface area (Å²) in [5.41, 5.74) is 6.41. The van der Waals surface area contributed by atoms with Crippen LogP contribution in [-0.4, -0.2) is 11.2 Å². The molecule has 0 saturated heterocycles. The first-order valence-electron chi connectivity index (χ1n) is 13.4. The van der Waals surface area contributed by atoms with E-state index in [1.165, 1.54) is 63.4 Å². The van der Waals surface area contributed by atoms with Crippen molar-refractivity contribution in [2.75, 3.05) is 0 Å². The van der Waals surface area contributed by atoms with Gasteiger partial charge in [0.05, 0.1) is 6.10 Å². The van der Waals surface area contributed by atoms with E-state index in [1.54, 1.807) is 0 Å². The Bertz CT molecular complexity index is 767. The molecule has 2 fully saturated rings. The van der Waals surface area contributed by atoms with E-state index in [0.29, 0.717) is 22.2 Å². The van der Waals surface area contributed by atoms with E-state index in [2.05, 4.69) is 61.5 Å². The van der Waals surface area contributed by atoms with Crippen LogP contribution in [0.1, 0.15) is 120 Å². The normalized spacial score (nSPS) is 44.9. The Morgan fingerprint density at radius 2 is 1.68 bits per heavy atom. The van der Waals surface area contributed by atoms with Crippen LogP contribution in [0.3, 0.4) is 0 Å². The fourth-order valence-corrected chi connectivity index (χ4v) is 9.47. The lowest BCUT2D eigenvalue weighted by Gasteiger charge is -2.62. The van der Waals surface area contributed by atoms with Gasteiger partial charge in [-0.05, 0) is 117 Å². The molecule has 0 aliphatic heterocycles. The van der Waals surface area contributed by atoms with E-state index in [0.717, 1.165) is 18.3 Å². The third kappa shape index (κ3) is 3.34. The molecule has 0 radical (unpaired) electrons. The summed E-state index contributed by atoms with van der Waals surface area (Å²) >= 11 is 0. The predicted molar refractivity (Wildman–Crippen MR) is 133 cm³/mol. The summed E-state index contributed by atoms with van der Waals surface area (Å²) in [6.45, 7) is 19.6. The van der Waals surface area contributed by atoms with Crippen LogP contribution in [0.15, 0.2) is 22.8 Å². The molecule has 0 aromatic carbocycles. The molecule has 0 heterocycles. The maximum Gasteiger partial charge on any atom is 0.0594 e. The van der Waals surface area contributed by atoms with Crippen molar-refractivity contribution in [3.05, 3.63) is 22.8 Å². The summed E-state index contributed by atoms with van der Waals surface area (Å²) in [5, 5.41) is 10.8. The van der Waals surface area contributed by atoms with Gasteiger partial charge in [-0.3, -0.25) is 0 Å². The molecule has 176 valence electrons. The second kappa shape index (κ2) is 7.75. The molecule has 4 aliphatic carbocycles. The van der Waals surface area contributed by atoms with Crippen molar-refractivity contribution in [1.82, 2.24) is 0 Å². The van der Waals surface area contributed by atoms with Gasteiger partial charge < -0.3 is 5.11 Å². The molecule has 1 nitrogen and oxygen atoms in total. The summed E-state index contributed by atoms with van der Waals surface area (Å²) in [4.78, 5) is 0. The van der Waals surface area contributed by atoms with Crippen LogP contribution in [0.2, 0.25) is 0 Å². The molecule has 31 heavy (non-hydrogen) atoms. The zero-order valence-electron chi connectivity index (χ0n) is 21.9. The number of aliphatic hydroxyl groups excluding tert-OH is 1. The highest BCUT2D eigenvalue weighted by molar-refractivity contribution is 5.38. The van der Waals surface area contributed by atoms with E-state index in [4.69, 9.17) is 0 Å². The zero-order valence-corrected chi connectivity index (χ0v) is 21.9. The highest BCUT2D eigenvalue weighted by Crippen LogP contribution is 2.72. The fourth-order valence-electron chi connectivity index (χ4n) is 9.47. The molecule has 7 atom stereocenters. The van der Waals surface area contributed by atoms with Crippen LogP contribution in [0.5, 0.6) is 0 Å². The lowest BCUT2D eigenvalue weighted by molar-refractivity contribution is -0.0962. The first-order valence-corrected chi connectivity index (χ1v) is 13.4. The Morgan fingerprint density at radius 1 is 0.968 bits per heavy atom. The number of aliphatic hydroxyl groups is 1. The van der Waals surface area contributed by atoms with Crippen molar-refractivity contribution < 1.29 is 5.11 Å². The molecule has 1 heteroatoms. The molecule has 4 aliphatic rings. The van der Waals surface area contributed by atoms with E-state index in [-0.39, 0.29) is 11.5 Å². The lowest BCUT2D eigenvalue weighted by Crippen LogP contribution is -2.55. The zero-order chi connectivity index (χ0) is 22.8. The minimum atomic E-state index is -0.130. The average molecular weight is 427 g/mol. The van der Waals surface area contributed by atoms with Crippen LogP contribution in [0, 0.1) is 39.4 Å². The Balaban J connectivity index is 1.65. The lowest BCUT2D eigenvalue weighted by atomic mass is 9.43. The minimum Gasteiger partial charge on any atom is -0.393 e. The van der Waals surface area contributed by atoms with Gasteiger partial charge in [-0.15, -0.1) is 0 Å². The Morgan fingerprint density at radius 3 is 2.35 bits per heavy atom. The molecule has 0 aromatic rings. The number of hydrogen-bond donors (Lipinski definition) is 1. The van der Waals surface area contributed by atoms with Gasteiger partial charge in [-0.2, -0.15) is 0 Å². The van der Waals surface area contributed by atoms with Gasteiger partial charge in [0.2, 0.25) is 0 Å². The molecule has 0 bridgehead atoms. The van der Waals surface area contributed by atoms with Crippen LogP contribution >= 0.6 is 0 Å². The minimum absolute atomic E-state index is 0.0465. The van der Waals surface area contributed by atoms with Gasteiger partial charge in [0.1, 0.15) is 0 Å². The highest BCUT2D eigenvalue weighted by Gasteiger charge is 2.63. The summed E-state index contributed by atoms with van der Waals surface area (Å²) in [5.74, 6) is 2.32. The van der Waals surface area contributed by atoms with Crippen molar-refractivity contribution in [2.45, 2.75) is 126 Å². The third-order valence-electron chi connectivity index (χ3n) is 11.7. The summed E-state index contributed by atoms with van der Waals surface area (Å²) in [6, 6.07) is 0. The number of fused-ring (bicyclic) bond motifs is 4. The smallest absolute Gasteiger partial charge is 0.0594 e. The standard InChI is InChI=1S/C30H50O/c1-20(2)10-9-11-21(3)22-14-18-30(8)24-12-13-25-27(4,5)26(31)16-17-28(25,6)23(24)15-19-29(22,30)7/h10,21-22,25-26,31H,9,11-19H2,1-8H3/t21-,22-,25?,26?,28-,29+,30+/m1/s1. The predicted octanol–water partition coefficient (Wildman–Crippen LogP) is 8.48.